The van der Waals surface area contributed by atoms with E-state index in [1.807, 2.05) is 0 Å². The van der Waals surface area contributed by atoms with E-state index in [0.717, 1.165) is 83.5 Å². The minimum atomic E-state index is 0.482. The Morgan fingerprint density at radius 1 is 1.03 bits per heavy atom. The van der Waals surface area contributed by atoms with Crippen LogP contribution in [-0.4, -0.2) is 77.6 Å². The fourth-order valence-electron chi connectivity index (χ4n) is 5.01. The molecule has 0 aromatic carbocycles. The summed E-state index contributed by atoms with van der Waals surface area (Å²) in [6.07, 6.45) is 9.24. The first-order valence-corrected chi connectivity index (χ1v) is 13.0. The molecule has 0 bridgehead atoms. The molecule has 8 heteroatoms. The predicted octanol–water partition coefficient (Wildman–Crippen LogP) is 2.63. The zero-order valence-corrected chi connectivity index (χ0v) is 20.6. The van der Waals surface area contributed by atoms with Gasteiger partial charge in [0.05, 0.1) is 19.8 Å². The van der Waals surface area contributed by atoms with Gasteiger partial charge in [0.2, 0.25) is 0 Å². The molecule has 1 saturated heterocycles. The van der Waals surface area contributed by atoms with Crippen molar-refractivity contribution in [2.45, 2.75) is 84.7 Å². The van der Waals surface area contributed by atoms with Gasteiger partial charge in [-0.15, -0.1) is 10.2 Å². The zero-order valence-electron chi connectivity index (χ0n) is 20.6. The molecule has 2 aliphatic heterocycles. The second-order valence-electron chi connectivity index (χ2n) is 9.04. The van der Waals surface area contributed by atoms with E-state index in [9.17, 15) is 0 Å². The highest BCUT2D eigenvalue weighted by atomic mass is 16.5. The van der Waals surface area contributed by atoms with E-state index in [4.69, 9.17) is 9.73 Å². The number of morpholine rings is 1. The third kappa shape index (κ3) is 7.17. The second kappa shape index (κ2) is 13.8. The van der Waals surface area contributed by atoms with Gasteiger partial charge >= 0.3 is 0 Å². The Hall–Kier alpha value is -1.67. The van der Waals surface area contributed by atoms with Crippen LogP contribution in [0.2, 0.25) is 0 Å². The van der Waals surface area contributed by atoms with Crippen LogP contribution in [0.3, 0.4) is 0 Å². The van der Waals surface area contributed by atoms with E-state index in [0.29, 0.717) is 12.0 Å². The van der Waals surface area contributed by atoms with Crippen LogP contribution in [0.15, 0.2) is 4.99 Å². The first-order chi connectivity index (χ1) is 15.8. The monoisotopic (exact) mass is 447 g/mol. The molecule has 0 saturated carbocycles. The molecule has 0 aliphatic carbocycles. The summed E-state index contributed by atoms with van der Waals surface area (Å²) in [5.41, 5.74) is 0. The number of guanidine groups is 1. The number of nitrogens with zero attached hydrogens (tertiary/aromatic N) is 5. The highest BCUT2D eigenvalue weighted by Crippen LogP contribution is 2.20. The normalized spacial score (nSPS) is 18.9. The van der Waals surface area contributed by atoms with Crippen LogP contribution in [0, 0.1) is 5.92 Å². The van der Waals surface area contributed by atoms with Crippen molar-refractivity contribution in [3.63, 3.8) is 0 Å². The number of aromatic nitrogens is 3. The van der Waals surface area contributed by atoms with Crippen molar-refractivity contribution < 1.29 is 4.74 Å². The topological polar surface area (TPSA) is 79.6 Å². The Bertz CT molecular complexity index is 680. The molecule has 8 nitrogen and oxygen atoms in total. The lowest BCUT2D eigenvalue weighted by atomic mass is 9.92. The van der Waals surface area contributed by atoms with Crippen molar-refractivity contribution in [3.8, 4) is 0 Å². The van der Waals surface area contributed by atoms with E-state index in [1.165, 1.54) is 37.9 Å². The predicted molar refractivity (Wildman–Crippen MR) is 130 cm³/mol. The number of aryl methyl sites for hydroxylation is 2. The average Bonchev–Trinajstić information content (AvgIpc) is 3.05. The third-order valence-corrected chi connectivity index (χ3v) is 6.94. The van der Waals surface area contributed by atoms with Gasteiger partial charge in [-0.1, -0.05) is 33.1 Å². The standard InChI is InChI=1S/C24H45N7O/c1-4-20(5-2)21(30-15-17-32-18-16-30)19-27-24(25-6-3)26-13-10-12-23-29-28-22-11-8-7-9-14-31(22)23/h20-21H,4-19H2,1-3H3,(H2,25,26,27). The van der Waals surface area contributed by atoms with Crippen molar-refractivity contribution in [1.29, 1.82) is 0 Å². The number of aliphatic imine (C=N–C) groups is 1. The maximum Gasteiger partial charge on any atom is 0.191 e. The van der Waals surface area contributed by atoms with E-state index in [-0.39, 0.29) is 0 Å². The molecule has 0 spiro atoms. The summed E-state index contributed by atoms with van der Waals surface area (Å²) in [4.78, 5) is 7.59. The molecule has 3 rings (SSSR count). The summed E-state index contributed by atoms with van der Waals surface area (Å²) in [5, 5.41) is 15.9. The first-order valence-electron chi connectivity index (χ1n) is 13.0. The van der Waals surface area contributed by atoms with Crippen LogP contribution in [0.25, 0.3) is 0 Å². The van der Waals surface area contributed by atoms with Gasteiger partial charge in [-0.05, 0) is 32.1 Å². The molecule has 1 unspecified atom stereocenters. The lowest BCUT2D eigenvalue weighted by Crippen LogP contribution is -2.49. The Labute approximate surface area is 194 Å². The number of rotatable bonds is 11. The SMILES string of the molecule is CCNC(=NCC(C(CC)CC)N1CCOCC1)NCCCc1nnc2n1CCCCC2. The maximum atomic E-state index is 5.59. The van der Waals surface area contributed by atoms with Gasteiger partial charge < -0.3 is 19.9 Å². The van der Waals surface area contributed by atoms with Crippen LogP contribution >= 0.6 is 0 Å². The minimum Gasteiger partial charge on any atom is -0.379 e. The van der Waals surface area contributed by atoms with Gasteiger partial charge in [-0.3, -0.25) is 9.89 Å². The summed E-state index contributed by atoms with van der Waals surface area (Å²) < 4.78 is 7.94. The largest absolute Gasteiger partial charge is 0.379 e. The molecule has 0 amide bonds. The van der Waals surface area contributed by atoms with Gasteiger partial charge in [0.25, 0.3) is 0 Å². The fourth-order valence-corrected chi connectivity index (χ4v) is 5.01. The van der Waals surface area contributed by atoms with Crippen LogP contribution in [0.4, 0.5) is 0 Å². The van der Waals surface area contributed by atoms with Crippen molar-refractivity contribution in [1.82, 2.24) is 30.3 Å². The Morgan fingerprint density at radius 3 is 2.59 bits per heavy atom. The Morgan fingerprint density at radius 2 is 1.84 bits per heavy atom. The number of fused-ring (bicyclic) bond motifs is 1. The van der Waals surface area contributed by atoms with Crippen LogP contribution in [0.5, 0.6) is 0 Å². The van der Waals surface area contributed by atoms with E-state index < -0.39 is 0 Å². The van der Waals surface area contributed by atoms with Crippen molar-refractivity contribution in [2.24, 2.45) is 10.9 Å². The van der Waals surface area contributed by atoms with Gasteiger partial charge in [0, 0.05) is 51.6 Å². The summed E-state index contributed by atoms with van der Waals surface area (Å²) >= 11 is 0. The number of ether oxygens (including phenoxy) is 1. The molecule has 2 aliphatic rings. The summed E-state index contributed by atoms with van der Waals surface area (Å²) in [7, 11) is 0. The highest BCUT2D eigenvalue weighted by molar-refractivity contribution is 5.79. The molecule has 182 valence electrons. The number of hydrogen-bond acceptors (Lipinski definition) is 5. The van der Waals surface area contributed by atoms with E-state index in [1.54, 1.807) is 0 Å². The highest BCUT2D eigenvalue weighted by Gasteiger charge is 2.26. The van der Waals surface area contributed by atoms with Crippen LogP contribution in [-0.2, 0) is 24.1 Å². The van der Waals surface area contributed by atoms with Crippen LogP contribution in [0.1, 0.15) is 70.9 Å². The fraction of sp³-hybridized carbons (Fsp3) is 0.875. The second-order valence-corrected chi connectivity index (χ2v) is 9.04. The van der Waals surface area contributed by atoms with E-state index >= 15 is 0 Å². The summed E-state index contributed by atoms with van der Waals surface area (Å²) in [6, 6.07) is 0.482. The Balaban J connectivity index is 1.52. The van der Waals surface area contributed by atoms with Crippen molar-refractivity contribution >= 4 is 5.96 Å². The lowest BCUT2D eigenvalue weighted by Gasteiger charge is -2.38. The molecule has 2 N–H and O–H groups in total. The van der Waals surface area contributed by atoms with Gasteiger partial charge in [-0.25, -0.2) is 0 Å². The number of nitrogens with one attached hydrogen (secondary N) is 2. The molecule has 0 radical (unpaired) electrons. The van der Waals surface area contributed by atoms with Gasteiger partial charge in [-0.2, -0.15) is 0 Å². The molecular weight excluding hydrogens is 402 g/mol. The first kappa shape index (κ1) is 25.0. The smallest absolute Gasteiger partial charge is 0.191 e. The third-order valence-electron chi connectivity index (χ3n) is 6.94. The molecule has 1 aromatic heterocycles. The number of hydrogen-bond donors (Lipinski definition) is 2. The summed E-state index contributed by atoms with van der Waals surface area (Å²) in [6.45, 7) is 14.1. The maximum absolute atomic E-state index is 5.59. The van der Waals surface area contributed by atoms with Crippen molar-refractivity contribution in [3.05, 3.63) is 11.6 Å². The van der Waals surface area contributed by atoms with Gasteiger partial charge in [0.1, 0.15) is 11.6 Å². The molecule has 1 atom stereocenters. The molecule has 32 heavy (non-hydrogen) atoms. The average molecular weight is 448 g/mol. The summed E-state index contributed by atoms with van der Waals surface area (Å²) in [5.74, 6) is 3.92. The molecule has 1 aromatic rings. The molecular formula is C24H45N7O. The van der Waals surface area contributed by atoms with Crippen LogP contribution < -0.4 is 10.6 Å². The Kier molecular flexibility index (Phi) is 10.8. The van der Waals surface area contributed by atoms with E-state index in [2.05, 4.69) is 51.1 Å². The van der Waals surface area contributed by atoms with Crippen molar-refractivity contribution in [2.75, 3.05) is 45.9 Å². The zero-order chi connectivity index (χ0) is 22.6. The quantitative estimate of drug-likeness (QED) is 0.308. The minimum absolute atomic E-state index is 0.482. The molecule has 3 heterocycles. The lowest BCUT2D eigenvalue weighted by molar-refractivity contribution is 0.00395. The molecule has 1 fully saturated rings. The van der Waals surface area contributed by atoms with Gasteiger partial charge in [0.15, 0.2) is 5.96 Å².